The summed E-state index contributed by atoms with van der Waals surface area (Å²) < 4.78 is 6.77. The molecule has 22 heavy (non-hydrogen) atoms. The van der Waals surface area contributed by atoms with E-state index in [-0.39, 0.29) is 17.0 Å². The fourth-order valence-corrected chi connectivity index (χ4v) is 5.22. The minimum absolute atomic E-state index is 0.211. The first-order valence-corrected chi connectivity index (χ1v) is 11.7. The van der Waals surface area contributed by atoms with Gasteiger partial charge in [0.25, 0.3) is 0 Å². The average Bonchev–Trinajstić information content (AvgIpc) is 2.36. The zero-order chi connectivity index (χ0) is 16.5. The van der Waals surface area contributed by atoms with Crippen molar-refractivity contribution in [2.24, 2.45) is 11.7 Å². The first-order chi connectivity index (χ1) is 10.1. The van der Waals surface area contributed by atoms with Gasteiger partial charge in [0, 0.05) is 6.04 Å². The summed E-state index contributed by atoms with van der Waals surface area (Å²) in [5, 5.41) is 0.225. The van der Waals surface area contributed by atoms with E-state index in [9.17, 15) is 4.79 Å². The van der Waals surface area contributed by atoms with E-state index in [1.165, 1.54) is 25.7 Å². The maximum atomic E-state index is 11.4. The summed E-state index contributed by atoms with van der Waals surface area (Å²) in [4.78, 5) is 13.8. The molecule has 1 heterocycles. The number of piperidine rings is 1. The van der Waals surface area contributed by atoms with Gasteiger partial charge >= 0.3 is 0 Å². The van der Waals surface area contributed by atoms with Gasteiger partial charge in [-0.25, -0.2) is 0 Å². The van der Waals surface area contributed by atoms with Crippen LogP contribution in [0.5, 0.6) is 0 Å². The average molecular weight is 327 g/mol. The molecule has 0 bridgehead atoms. The van der Waals surface area contributed by atoms with Crippen molar-refractivity contribution in [3.63, 3.8) is 0 Å². The normalized spacial score (nSPS) is 30.9. The zero-order valence-corrected chi connectivity index (χ0v) is 16.0. The maximum absolute atomic E-state index is 11.4. The van der Waals surface area contributed by atoms with Crippen molar-refractivity contribution >= 4 is 14.2 Å². The van der Waals surface area contributed by atoms with E-state index in [1.54, 1.807) is 0 Å². The number of fused-ring (bicyclic) bond motifs is 1. The number of carbonyl (C=O) groups excluding carboxylic acids is 1. The van der Waals surface area contributed by atoms with Crippen LogP contribution in [-0.4, -0.2) is 44.4 Å². The van der Waals surface area contributed by atoms with Crippen LogP contribution in [0.2, 0.25) is 18.1 Å². The van der Waals surface area contributed by atoms with E-state index in [2.05, 4.69) is 38.8 Å². The molecule has 1 aliphatic heterocycles. The standard InChI is InChI=1S/C17H34N2O2Si/c1-17(2,3)22(4,5)21-14-10-6-8-13-9-7-11-19(16(13)14)12-15(18)20/h13-14,16H,6-12H2,1-5H3,(H2,18,20)/t13-,14-,16+/m0/s1. The Labute approximate surface area is 136 Å². The van der Waals surface area contributed by atoms with Crippen molar-refractivity contribution in [3.8, 4) is 0 Å². The molecule has 3 atom stereocenters. The highest BCUT2D eigenvalue weighted by Gasteiger charge is 2.45. The Bertz CT molecular complexity index is 404. The number of likely N-dealkylation sites (tertiary alicyclic amines) is 1. The summed E-state index contributed by atoms with van der Waals surface area (Å²) in [6.07, 6.45) is 6.39. The summed E-state index contributed by atoms with van der Waals surface area (Å²) >= 11 is 0. The van der Waals surface area contributed by atoms with Gasteiger partial charge in [-0.3, -0.25) is 9.69 Å². The highest BCUT2D eigenvalue weighted by atomic mass is 28.4. The molecule has 2 aliphatic rings. The summed E-state index contributed by atoms with van der Waals surface area (Å²) in [7, 11) is -1.78. The molecule has 2 fully saturated rings. The van der Waals surface area contributed by atoms with Crippen molar-refractivity contribution in [1.82, 2.24) is 4.90 Å². The van der Waals surface area contributed by atoms with Crippen molar-refractivity contribution in [2.75, 3.05) is 13.1 Å². The van der Waals surface area contributed by atoms with Gasteiger partial charge in [0.05, 0.1) is 12.6 Å². The molecule has 1 saturated heterocycles. The second-order valence-electron chi connectivity index (χ2n) is 8.68. The molecule has 4 nitrogen and oxygen atoms in total. The molecule has 1 amide bonds. The largest absolute Gasteiger partial charge is 0.412 e. The molecule has 0 radical (unpaired) electrons. The number of hydrogen-bond donors (Lipinski definition) is 1. The number of primary amides is 1. The topological polar surface area (TPSA) is 55.6 Å². The summed E-state index contributed by atoms with van der Waals surface area (Å²) in [5.74, 6) is 0.467. The van der Waals surface area contributed by atoms with E-state index in [0.717, 1.165) is 13.0 Å². The molecular formula is C17H34N2O2Si. The number of hydrogen-bond acceptors (Lipinski definition) is 3. The van der Waals surface area contributed by atoms with Crippen LogP contribution >= 0.6 is 0 Å². The molecule has 0 aromatic carbocycles. The summed E-state index contributed by atoms with van der Waals surface area (Å²) in [5.41, 5.74) is 5.47. The first kappa shape index (κ1) is 18.0. The third-order valence-electron chi connectivity index (χ3n) is 5.98. The lowest BCUT2D eigenvalue weighted by molar-refractivity contribution is -0.122. The van der Waals surface area contributed by atoms with Crippen LogP contribution in [0.1, 0.15) is 52.9 Å². The number of rotatable bonds is 4. The molecule has 0 unspecified atom stereocenters. The highest BCUT2D eigenvalue weighted by molar-refractivity contribution is 6.74. The van der Waals surface area contributed by atoms with Crippen LogP contribution < -0.4 is 5.73 Å². The van der Waals surface area contributed by atoms with Crippen molar-refractivity contribution in [3.05, 3.63) is 0 Å². The Kier molecular flexibility index (Phi) is 5.40. The quantitative estimate of drug-likeness (QED) is 0.808. The molecule has 5 heteroatoms. The third-order valence-corrected chi connectivity index (χ3v) is 10.5. The number of carbonyl (C=O) groups is 1. The summed E-state index contributed by atoms with van der Waals surface area (Å²) in [6.45, 7) is 12.9. The van der Waals surface area contributed by atoms with Crippen LogP contribution in [0, 0.1) is 5.92 Å². The Balaban J connectivity index is 2.16. The minimum Gasteiger partial charge on any atom is -0.412 e. The monoisotopic (exact) mass is 326 g/mol. The molecule has 2 N–H and O–H groups in total. The van der Waals surface area contributed by atoms with Gasteiger partial charge in [0.15, 0.2) is 8.32 Å². The third kappa shape index (κ3) is 3.92. The molecule has 0 aromatic rings. The molecular weight excluding hydrogens is 292 g/mol. The second-order valence-corrected chi connectivity index (χ2v) is 13.4. The molecule has 128 valence electrons. The molecule has 1 saturated carbocycles. The van der Waals surface area contributed by atoms with E-state index in [0.29, 0.717) is 18.5 Å². The number of nitrogens with zero attached hydrogens (tertiary/aromatic N) is 1. The minimum atomic E-state index is -1.78. The van der Waals surface area contributed by atoms with Gasteiger partial charge in [0.1, 0.15) is 0 Å². The van der Waals surface area contributed by atoms with Crippen LogP contribution in [0.15, 0.2) is 0 Å². The van der Waals surface area contributed by atoms with Gasteiger partial charge in [0.2, 0.25) is 5.91 Å². The summed E-state index contributed by atoms with van der Waals surface area (Å²) in [6, 6.07) is 0.393. The number of nitrogens with two attached hydrogens (primary N) is 1. The Morgan fingerprint density at radius 3 is 2.45 bits per heavy atom. The first-order valence-electron chi connectivity index (χ1n) is 8.82. The SMILES string of the molecule is CC(C)(C)[Si](C)(C)O[C@H]1CCC[C@H]2CCCN(CC(N)=O)[C@H]21. The van der Waals surface area contributed by atoms with Gasteiger partial charge in [-0.2, -0.15) is 0 Å². The van der Waals surface area contributed by atoms with E-state index < -0.39 is 8.32 Å². The molecule has 1 aliphatic carbocycles. The van der Waals surface area contributed by atoms with Crippen LogP contribution in [0.3, 0.4) is 0 Å². The van der Waals surface area contributed by atoms with Crippen molar-refractivity contribution < 1.29 is 9.22 Å². The van der Waals surface area contributed by atoms with Crippen molar-refractivity contribution in [1.29, 1.82) is 0 Å². The van der Waals surface area contributed by atoms with Crippen molar-refractivity contribution in [2.45, 2.75) is 83.2 Å². The smallest absolute Gasteiger partial charge is 0.231 e. The maximum Gasteiger partial charge on any atom is 0.231 e. The van der Waals surface area contributed by atoms with E-state index in [1.807, 2.05) is 0 Å². The predicted molar refractivity (Wildman–Crippen MR) is 93.2 cm³/mol. The van der Waals surface area contributed by atoms with E-state index in [4.69, 9.17) is 10.2 Å². The lowest BCUT2D eigenvalue weighted by Gasteiger charge is -2.51. The lowest BCUT2D eigenvalue weighted by Crippen LogP contribution is -2.59. The highest BCUT2D eigenvalue weighted by Crippen LogP contribution is 2.42. The Morgan fingerprint density at radius 1 is 1.23 bits per heavy atom. The van der Waals surface area contributed by atoms with Crippen LogP contribution in [-0.2, 0) is 9.22 Å². The fraction of sp³-hybridized carbons (Fsp3) is 0.941. The predicted octanol–water partition coefficient (Wildman–Crippen LogP) is 3.13. The molecule has 2 rings (SSSR count). The van der Waals surface area contributed by atoms with E-state index >= 15 is 0 Å². The van der Waals surface area contributed by atoms with Gasteiger partial charge in [-0.1, -0.05) is 27.2 Å². The second kappa shape index (κ2) is 6.61. The molecule has 0 spiro atoms. The Hall–Kier alpha value is -0.393. The molecule has 0 aromatic heterocycles. The zero-order valence-electron chi connectivity index (χ0n) is 15.0. The fourth-order valence-electron chi connectivity index (χ4n) is 3.85. The van der Waals surface area contributed by atoms with Crippen LogP contribution in [0.25, 0.3) is 0 Å². The number of amides is 1. The Morgan fingerprint density at radius 2 is 1.86 bits per heavy atom. The van der Waals surface area contributed by atoms with Gasteiger partial charge < -0.3 is 10.2 Å². The van der Waals surface area contributed by atoms with Crippen LogP contribution in [0.4, 0.5) is 0 Å². The van der Waals surface area contributed by atoms with Gasteiger partial charge in [-0.15, -0.1) is 0 Å². The lowest BCUT2D eigenvalue weighted by atomic mass is 9.76. The van der Waals surface area contributed by atoms with Gasteiger partial charge in [-0.05, 0) is 56.3 Å².